The van der Waals surface area contributed by atoms with E-state index in [0.717, 1.165) is 35.3 Å². The predicted molar refractivity (Wildman–Crippen MR) is 114 cm³/mol. The number of hydrogen-bond donors (Lipinski definition) is 0. The molecule has 0 aromatic heterocycles. The van der Waals surface area contributed by atoms with Crippen molar-refractivity contribution < 1.29 is 4.74 Å². The molecule has 1 heteroatoms. The Bertz CT molecular complexity index is 552. The fourth-order valence-corrected chi connectivity index (χ4v) is 6.33. The number of benzene rings is 1. The topological polar surface area (TPSA) is 9.23 Å². The number of aryl methyl sites for hydroxylation is 1. The van der Waals surface area contributed by atoms with Gasteiger partial charge >= 0.3 is 0 Å². The standard InChI is InChI=1S/C26H40O/c1-19-3-7-21(8-4-19)22-9-11-23(12-10-22)24-13-17-26(18-14-24)27-25-15-5-20(2)6-16-25/h5-6,15-16,19,21-24,26H,3-4,7-14,17-18H2,1-2H3. The van der Waals surface area contributed by atoms with Crippen LogP contribution in [-0.2, 0) is 0 Å². The van der Waals surface area contributed by atoms with Gasteiger partial charge in [-0.3, -0.25) is 0 Å². The minimum Gasteiger partial charge on any atom is -0.490 e. The van der Waals surface area contributed by atoms with Crippen LogP contribution in [0.25, 0.3) is 0 Å². The lowest BCUT2D eigenvalue weighted by molar-refractivity contribution is 0.0785. The molecule has 3 fully saturated rings. The summed E-state index contributed by atoms with van der Waals surface area (Å²) in [6, 6.07) is 8.59. The summed E-state index contributed by atoms with van der Waals surface area (Å²) < 4.78 is 6.25. The Morgan fingerprint density at radius 2 is 1.00 bits per heavy atom. The van der Waals surface area contributed by atoms with E-state index in [1.54, 1.807) is 0 Å². The summed E-state index contributed by atoms with van der Waals surface area (Å²) in [5.74, 6) is 6.19. The lowest BCUT2D eigenvalue weighted by atomic mass is 9.65. The second-order valence-electron chi connectivity index (χ2n) is 10.2. The minimum atomic E-state index is 0.449. The summed E-state index contributed by atoms with van der Waals surface area (Å²) in [6.45, 7) is 4.59. The Labute approximate surface area is 167 Å². The first kappa shape index (κ1) is 19.3. The molecule has 0 radical (unpaired) electrons. The molecule has 0 saturated heterocycles. The zero-order valence-electron chi connectivity index (χ0n) is 17.7. The Kier molecular flexibility index (Phi) is 6.46. The summed E-state index contributed by atoms with van der Waals surface area (Å²) in [4.78, 5) is 0. The molecule has 0 N–H and O–H groups in total. The first-order valence-electron chi connectivity index (χ1n) is 11.9. The Balaban J connectivity index is 1.19. The molecule has 0 heterocycles. The molecule has 3 saturated carbocycles. The van der Waals surface area contributed by atoms with Gasteiger partial charge in [0.15, 0.2) is 0 Å². The molecule has 0 spiro atoms. The Hall–Kier alpha value is -0.980. The molecular formula is C26H40O. The van der Waals surface area contributed by atoms with Crippen LogP contribution in [0.1, 0.15) is 89.5 Å². The van der Waals surface area contributed by atoms with Crippen molar-refractivity contribution in [1.82, 2.24) is 0 Å². The lowest BCUT2D eigenvalue weighted by Crippen LogP contribution is -2.31. The van der Waals surface area contributed by atoms with Crippen LogP contribution in [0.15, 0.2) is 24.3 Å². The van der Waals surface area contributed by atoms with E-state index in [-0.39, 0.29) is 0 Å². The maximum absolute atomic E-state index is 6.25. The highest BCUT2D eigenvalue weighted by molar-refractivity contribution is 5.26. The molecule has 4 rings (SSSR count). The van der Waals surface area contributed by atoms with Gasteiger partial charge in [0, 0.05) is 0 Å². The molecule has 0 atom stereocenters. The van der Waals surface area contributed by atoms with Crippen LogP contribution in [0.5, 0.6) is 5.75 Å². The van der Waals surface area contributed by atoms with E-state index in [0.29, 0.717) is 6.10 Å². The molecule has 0 unspecified atom stereocenters. The third kappa shape index (κ3) is 5.09. The third-order valence-corrected chi connectivity index (χ3v) is 8.25. The van der Waals surface area contributed by atoms with Crippen molar-refractivity contribution in [2.24, 2.45) is 29.6 Å². The number of hydrogen-bond acceptors (Lipinski definition) is 1. The average molecular weight is 369 g/mol. The molecule has 0 aliphatic heterocycles. The van der Waals surface area contributed by atoms with Gasteiger partial charge in [-0.25, -0.2) is 0 Å². The van der Waals surface area contributed by atoms with Gasteiger partial charge in [-0.15, -0.1) is 0 Å². The summed E-state index contributed by atoms with van der Waals surface area (Å²) >= 11 is 0. The molecule has 0 amide bonds. The van der Waals surface area contributed by atoms with Crippen molar-refractivity contribution in [2.45, 2.75) is 97.0 Å². The molecule has 1 aromatic carbocycles. The SMILES string of the molecule is Cc1ccc(OC2CCC(C3CCC(C4CCC(C)CC4)CC3)CC2)cc1. The second-order valence-corrected chi connectivity index (χ2v) is 10.2. The van der Waals surface area contributed by atoms with Crippen molar-refractivity contribution in [3.63, 3.8) is 0 Å². The van der Waals surface area contributed by atoms with Gasteiger partial charge in [0.25, 0.3) is 0 Å². The molecule has 3 aliphatic rings. The van der Waals surface area contributed by atoms with Crippen LogP contribution in [0, 0.1) is 36.5 Å². The van der Waals surface area contributed by atoms with E-state index in [1.165, 1.54) is 82.6 Å². The van der Waals surface area contributed by atoms with Crippen molar-refractivity contribution in [1.29, 1.82) is 0 Å². The first-order chi connectivity index (χ1) is 13.2. The molecule has 3 aliphatic carbocycles. The summed E-state index contributed by atoms with van der Waals surface area (Å²) in [5, 5.41) is 0. The van der Waals surface area contributed by atoms with Crippen LogP contribution in [-0.4, -0.2) is 6.10 Å². The van der Waals surface area contributed by atoms with E-state index in [1.807, 2.05) is 0 Å². The summed E-state index contributed by atoms with van der Waals surface area (Å²) in [7, 11) is 0. The Morgan fingerprint density at radius 1 is 0.593 bits per heavy atom. The second kappa shape index (κ2) is 9.01. The lowest BCUT2D eigenvalue weighted by Gasteiger charge is -2.41. The first-order valence-corrected chi connectivity index (χ1v) is 11.9. The van der Waals surface area contributed by atoms with Crippen molar-refractivity contribution in [3.8, 4) is 5.75 Å². The quantitative estimate of drug-likeness (QED) is 0.532. The van der Waals surface area contributed by atoms with E-state index < -0.39 is 0 Å². The van der Waals surface area contributed by atoms with Crippen molar-refractivity contribution in [2.75, 3.05) is 0 Å². The van der Waals surface area contributed by atoms with Gasteiger partial charge in [-0.05, 0) is 113 Å². The van der Waals surface area contributed by atoms with Crippen LogP contribution >= 0.6 is 0 Å². The maximum Gasteiger partial charge on any atom is 0.119 e. The molecule has 27 heavy (non-hydrogen) atoms. The Morgan fingerprint density at radius 3 is 1.48 bits per heavy atom. The van der Waals surface area contributed by atoms with E-state index in [9.17, 15) is 0 Å². The molecule has 1 nitrogen and oxygen atoms in total. The fraction of sp³-hybridized carbons (Fsp3) is 0.769. The minimum absolute atomic E-state index is 0.449. The number of ether oxygens (including phenoxy) is 1. The summed E-state index contributed by atoms with van der Waals surface area (Å²) in [6.07, 6.45) is 17.9. The van der Waals surface area contributed by atoms with Crippen molar-refractivity contribution >= 4 is 0 Å². The summed E-state index contributed by atoms with van der Waals surface area (Å²) in [5.41, 5.74) is 1.31. The zero-order valence-corrected chi connectivity index (χ0v) is 17.7. The average Bonchev–Trinajstić information content (AvgIpc) is 2.71. The van der Waals surface area contributed by atoms with Gasteiger partial charge < -0.3 is 4.74 Å². The fourth-order valence-electron chi connectivity index (χ4n) is 6.33. The van der Waals surface area contributed by atoms with Crippen LogP contribution in [0.2, 0.25) is 0 Å². The van der Waals surface area contributed by atoms with Crippen LogP contribution in [0.4, 0.5) is 0 Å². The third-order valence-electron chi connectivity index (χ3n) is 8.25. The van der Waals surface area contributed by atoms with Crippen LogP contribution in [0.3, 0.4) is 0 Å². The highest BCUT2D eigenvalue weighted by Gasteiger charge is 2.34. The molecule has 0 bridgehead atoms. The molecule has 150 valence electrons. The van der Waals surface area contributed by atoms with E-state index in [4.69, 9.17) is 4.74 Å². The van der Waals surface area contributed by atoms with Gasteiger partial charge in [-0.2, -0.15) is 0 Å². The highest BCUT2D eigenvalue weighted by Crippen LogP contribution is 2.45. The molecule has 1 aromatic rings. The van der Waals surface area contributed by atoms with Crippen molar-refractivity contribution in [3.05, 3.63) is 29.8 Å². The largest absolute Gasteiger partial charge is 0.490 e. The van der Waals surface area contributed by atoms with Crippen LogP contribution < -0.4 is 4.74 Å². The number of rotatable bonds is 4. The zero-order chi connectivity index (χ0) is 18.6. The smallest absolute Gasteiger partial charge is 0.119 e. The highest BCUT2D eigenvalue weighted by atomic mass is 16.5. The van der Waals surface area contributed by atoms with Gasteiger partial charge in [0.1, 0.15) is 5.75 Å². The monoisotopic (exact) mass is 368 g/mol. The maximum atomic E-state index is 6.25. The molecular weight excluding hydrogens is 328 g/mol. The van der Waals surface area contributed by atoms with E-state index >= 15 is 0 Å². The van der Waals surface area contributed by atoms with Gasteiger partial charge in [0.05, 0.1) is 6.10 Å². The normalized spacial score (nSPS) is 37.7. The predicted octanol–water partition coefficient (Wildman–Crippen LogP) is 7.57. The van der Waals surface area contributed by atoms with E-state index in [2.05, 4.69) is 38.1 Å². The van der Waals surface area contributed by atoms with Gasteiger partial charge in [-0.1, -0.05) is 37.5 Å². The van der Waals surface area contributed by atoms with Gasteiger partial charge in [0.2, 0.25) is 0 Å².